The van der Waals surface area contributed by atoms with Crippen LogP contribution in [0.25, 0.3) is 11.9 Å². The van der Waals surface area contributed by atoms with Crippen LogP contribution in [-0.4, -0.2) is 25.9 Å². The van der Waals surface area contributed by atoms with E-state index in [0.717, 1.165) is 6.20 Å². The normalized spacial score (nSPS) is 12.9. The van der Waals surface area contributed by atoms with E-state index in [2.05, 4.69) is 15.0 Å². The molecular formula is C26H24ClF3N4O3. The first-order valence-corrected chi connectivity index (χ1v) is 11.4. The highest BCUT2D eigenvalue weighted by Gasteiger charge is 2.18. The molecule has 194 valence electrons. The molecule has 0 aliphatic rings. The summed E-state index contributed by atoms with van der Waals surface area (Å²) in [6, 6.07) is 6.96. The van der Waals surface area contributed by atoms with E-state index >= 15 is 0 Å². The predicted molar refractivity (Wildman–Crippen MR) is 136 cm³/mol. The van der Waals surface area contributed by atoms with Crippen molar-refractivity contribution in [3.05, 3.63) is 98.2 Å². The Labute approximate surface area is 216 Å². The molecule has 37 heavy (non-hydrogen) atoms. The van der Waals surface area contributed by atoms with E-state index in [4.69, 9.17) is 16.3 Å². The topological polar surface area (TPSA) is 89.6 Å². The van der Waals surface area contributed by atoms with Gasteiger partial charge in [-0.15, -0.1) is 0 Å². The summed E-state index contributed by atoms with van der Waals surface area (Å²) in [6.45, 7) is 6.03. The van der Waals surface area contributed by atoms with E-state index in [1.54, 1.807) is 45.9 Å². The van der Waals surface area contributed by atoms with Gasteiger partial charge in [-0.2, -0.15) is 0 Å². The number of rotatable bonds is 8. The molecular weight excluding hydrogens is 509 g/mol. The largest absolute Gasteiger partial charge is 0.485 e. The minimum atomic E-state index is -1.21. The fraction of sp³-hybridized carbons (Fsp3) is 0.231. The molecule has 3 heterocycles. The van der Waals surface area contributed by atoms with Crippen molar-refractivity contribution in [2.24, 2.45) is 4.99 Å². The molecule has 0 atom stereocenters. The number of aromatic nitrogens is 3. The number of pyridine rings is 3. The first kappa shape index (κ1) is 27.8. The summed E-state index contributed by atoms with van der Waals surface area (Å²) >= 11 is 6.18. The molecule has 11 heteroatoms. The average Bonchev–Trinajstić information content (AvgIpc) is 2.84. The highest BCUT2D eigenvalue weighted by molar-refractivity contribution is 6.31. The molecule has 0 aliphatic carbocycles. The minimum Gasteiger partial charge on any atom is -0.485 e. The van der Waals surface area contributed by atoms with Gasteiger partial charge < -0.3 is 9.84 Å². The van der Waals surface area contributed by atoms with Crippen molar-refractivity contribution in [1.82, 2.24) is 14.5 Å². The van der Waals surface area contributed by atoms with E-state index in [1.165, 1.54) is 23.0 Å². The fourth-order valence-corrected chi connectivity index (χ4v) is 3.33. The van der Waals surface area contributed by atoms with Gasteiger partial charge in [0, 0.05) is 30.2 Å². The smallest absolute Gasteiger partial charge is 0.277 e. The second-order valence-corrected chi connectivity index (χ2v) is 8.98. The number of aliphatic hydroxyl groups is 1. The van der Waals surface area contributed by atoms with E-state index in [9.17, 15) is 23.1 Å². The van der Waals surface area contributed by atoms with E-state index < -0.39 is 22.8 Å². The van der Waals surface area contributed by atoms with Crippen LogP contribution in [0.15, 0.2) is 58.2 Å². The maximum atomic E-state index is 13.8. The number of allylic oxidation sites excluding steroid dienone is 1. The molecule has 3 aromatic heterocycles. The van der Waals surface area contributed by atoms with Crippen molar-refractivity contribution < 1.29 is 23.0 Å². The summed E-state index contributed by atoms with van der Waals surface area (Å²) in [5.74, 6) is -1.70. The maximum Gasteiger partial charge on any atom is 0.277 e. The molecule has 0 aromatic carbocycles. The lowest BCUT2D eigenvalue weighted by Gasteiger charge is -2.17. The molecule has 0 saturated heterocycles. The van der Waals surface area contributed by atoms with Crippen molar-refractivity contribution in [1.29, 1.82) is 0 Å². The Morgan fingerprint density at radius 1 is 1.30 bits per heavy atom. The Balaban J connectivity index is 1.82. The highest BCUT2D eigenvalue weighted by Crippen LogP contribution is 2.24. The quantitative estimate of drug-likeness (QED) is 0.382. The monoisotopic (exact) mass is 532 g/mol. The first-order valence-electron chi connectivity index (χ1n) is 11.0. The van der Waals surface area contributed by atoms with Gasteiger partial charge in [0.1, 0.15) is 46.5 Å². The molecule has 0 saturated carbocycles. The number of nitrogens with zero attached hydrogens (tertiary/aromatic N) is 4. The first-order chi connectivity index (χ1) is 17.4. The summed E-state index contributed by atoms with van der Waals surface area (Å²) in [7, 11) is 0. The van der Waals surface area contributed by atoms with Crippen LogP contribution in [0.5, 0.6) is 5.75 Å². The second kappa shape index (κ2) is 11.5. The third-order valence-electron chi connectivity index (χ3n) is 5.07. The molecule has 0 bridgehead atoms. The van der Waals surface area contributed by atoms with Crippen molar-refractivity contribution in [3.63, 3.8) is 0 Å². The molecule has 7 nitrogen and oxygen atoms in total. The molecule has 1 N–H and O–H groups in total. The van der Waals surface area contributed by atoms with Gasteiger partial charge in [0.15, 0.2) is 5.82 Å². The van der Waals surface area contributed by atoms with E-state index in [0.29, 0.717) is 29.4 Å². The van der Waals surface area contributed by atoms with Gasteiger partial charge >= 0.3 is 0 Å². The van der Waals surface area contributed by atoms with Crippen LogP contribution in [0.3, 0.4) is 0 Å². The summed E-state index contributed by atoms with van der Waals surface area (Å²) in [5, 5.41) is 9.89. The molecule has 3 rings (SSSR count). The third-order valence-corrected chi connectivity index (χ3v) is 5.42. The molecule has 0 unspecified atom stereocenters. The van der Waals surface area contributed by atoms with Gasteiger partial charge in [-0.05, 0) is 45.4 Å². The lowest BCUT2D eigenvalue weighted by Crippen LogP contribution is -2.20. The van der Waals surface area contributed by atoms with Crippen LogP contribution < -0.4 is 10.3 Å². The summed E-state index contributed by atoms with van der Waals surface area (Å²) in [6.07, 6.45) is 3.94. The van der Waals surface area contributed by atoms with Gasteiger partial charge in [0.05, 0.1) is 17.6 Å². The minimum absolute atomic E-state index is 0.00562. The van der Waals surface area contributed by atoms with Gasteiger partial charge in [0.25, 0.3) is 5.56 Å². The number of aliphatic imine (C=N–C) groups is 1. The van der Waals surface area contributed by atoms with Crippen LogP contribution in [0.2, 0.25) is 5.02 Å². The van der Waals surface area contributed by atoms with E-state index in [1.807, 2.05) is 0 Å². The lowest BCUT2D eigenvalue weighted by molar-refractivity contribution is 0.0738. The number of halogens is 4. The van der Waals surface area contributed by atoms with Crippen molar-refractivity contribution >= 4 is 29.7 Å². The maximum absolute atomic E-state index is 13.8. The molecule has 3 aromatic rings. The van der Waals surface area contributed by atoms with Crippen LogP contribution >= 0.6 is 11.6 Å². The van der Waals surface area contributed by atoms with Gasteiger partial charge in [-0.3, -0.25) is 19.3 Å². The third kappa shape index (κ3) is 6.93. The van der Waals surface area contributed by atoms with Crippen LogP contribution in [0.1, 0.15) is 43.5 Å². The molecule has 0 fully saturated rings. The number of hydrogen-bond donors (Lipinski definition) is 1. The van der Waals surface area contributed by atoms with Crippen LogP contribution in [0.4, 0.5) is 13.2 Å². The molecule has 0 spiro atoms. The second-order valence-electron chi connectivity index (χ2n) is 8.60. The summed E-state index contributed by atoms with van der Waals surface area (Å²) in [5.41, 5.74) is -0.570. The van der Waals surface area contributed by atoms with Crippen molar-refractivity contribution in [2.75, 3.05) is 0 Å². The SMILES string of the molecule is CC(/C=N/C(=C/F)c1cccc(C(C)(C)O)n1)=C\n1c(C)cc(OCc2ncc(F)cc2F)c(Cl)c1=O. The van der Waals surface area contributed by atoms with Crippen LogP contribution in [-0.2, 0) is 12.2 Å². The summed E-state index contributed by atoms with van der Waals surface area (Å²) < 4.78 is 47.1. The molecule has 0 aliphatic heterocycles. The van der Waals surface area contributed by atoms with Gasteiger partial charge in [0.2, 0.25) is 0 Å². The fourth-order valence-electron chi connectivity index (χ4n) is 3.13. The van der Waals surface area contributed by atoms with Gasteiger partial charge in [-0.1, -0.05) is 17.7 Å². The van der Waals surface area contributed by atoms with Crippen molar-refractivity contribution in [3.8, 4) is 5.75 Å². The Morgan fingerprint density at radius 3 is 2.68 bits per heavy atom. The molecule has 0 radical (unpaired) electrons. The van der Waals surface area contributed by atoms with Crippen molar-refractivity contribution in [2.45, 2.75) is 39.9 Å². The number of ether oxygens (including phenoxy) is 1. The Morgan fingerprint density at radius 2 is 2.03 bits per heavy atom. The zero-order chi connectivity index (χ0) is 27.3. The Hall–Kier alpha value is -3.76. The average molecular weight is 533 g/mol. The molecule has 0 amide bonds. The predicted octanol–water partition coefficient (Wildman–Crippen LogP) is 5.58. The van der Waals surface area contributed by atoms with Gasteiger partial charge in [-0.25, -0.2) is 18.2 Å². The Bertz CT molecular complexity index is 1460. The van der Waals surface area contributed by atoms with Crippen LogP contribution in [0, 0.1) is 18.6 Å². The summed E-state index contributed by atoms with van der Waals surface area (Å²) in [4.78, 5) is 24.8. The standard InChI is InChI=1S/C26H24ClF3N4O3/c1-15(11-31-20(10-28)19-6-5-7-23(33-19)26(3,4)36)13-34-16(2)8-22(24(27)25(34)35)37-14-21-18(30)9-17(29)12-32-21/h5-13,36H,14H2,1-4H3/b15-13+,20-10+,31-11+. The van der Waals surface area contributed by atoms with E-state index in [-0.39, 0.29) is 34.5 Å². The number of hydrogen-bond acceptors (Lipinski definition) is 6. The Kier molecular flexibility index (Phi) is 8.67. The zero-order valence-electron chi connectivity index (χ0n) is 20.5. The lowest BCUT2D eigenvalue weighted by atomic mass is 10.0. The highest BCUT2D eigenvalue weighted by atomic mass is 35.5. The number of aryl methyl sites for hydroxylation is 1. The zero-order valence-corrected chi connectivity index (χ0v) is 21.2.